The number of hydrogen-bond donors (Lipinski definition) is 0. The molecule has 2 aromatic heterocycles. The number of ether oxygens (including phenoxy) is 2. The first-order chi connectivity index (χ1) is 18.1. The molecule has 0 unspecified atom stereocenters. The van der Waals surface area contributed by atoms with Crippen LogP contribution in [0.3, 0.4) is 0 Å². The number of aromatic nitrogens is 2. The average Bonchev–Trinajstić information content (AvgIpc) is 3.30. The van der Waals surface area contributed by atoms with Crippen molar-refractivity contribution < 1.29 is 14.3 Å². The van der Waals surface area contributed by atoms with E-state index in [-0.39, 0.29) is 5.91 Å². The number of aryl methyl sites for hydroxylation is 1. The zero-order valence-electron chi connectivity index (χ0n) is 21.9. The molecule has 192 valence electrons. The van der Waals surface area contributed by atoms with Crippen LogP contribution in [-0.2, 0) is 11.2 Å². The Bertz CT molecular complexity index is 1380. The lowest BCUT2D eigenvalue weighted by Crippen LogP contribution is -2.42. The molecular formula is C31H35N3O3. The van der Waals surface area contributed by atoms with E-state index < -0.39 is 0 Å². The fourth-order valence-corrected chi connectivity index (χ4v) is 5.25. The number of carbonyl (C=O) groups is 1. The van der Waals surface area contributed by atoms with Crippen LogP contribution in [0.25, 0.3) is 28.0 Å². The number of piperidine rings is 1. The number of methoxy groups -OCH3 is 1. The van der Waals surface area contributed by atoms with Crippen LogP contribution in [0.5, 0.6) is 11.5 Å². The van der Waals surface area contributed by atoms with Crippen molar-refractivity contribution in [2.75, 3.05) is 20.3 Å². The highest BCUT2D eigenvalue weighted by atomic mass is 16.5. The van der Waals surface area contributed by atoms with Crippen molar-refractivity contribution in [2.24, 2.45) is 0 Å². The minimum Gasteiger partial charge on any atom is -0.497 e. The molecule has 2 aromatic carbocycles. The number of nitrogens with zero attached hydrogens (tertiary/aromatic N) is 3. The number of rotatable bonds is 8. The predicted octanol–water partition coefficient (Wildman–Crippen LogP) is 6.41. The van der Waals surface area contributed by atoms with Gasteiger partial charge in [-0.3, -0.25) is 4.79 Å². The van der Waals surface area contributed by atoms with Crippen LogP contribution in [-0.4, -0.2) is 46.5 Å². The Labute approximate surface area is 218 Å². The van der Waals surface area contributed by atoms with Gasteiger partial charge in [-0.25, -0.2) is 4.98 Å². The minimum atomic E-state index is 0.225. The van der Waals surface area contributed by atoms with Gasteiger partial charge in [0.05, 0.1) is 25.1 Å². The van der Waals surface area contributed by atoms with Crippen LogP contribution in [0.2, 0.25) is 0 Å². The molecule has 1 amide bonds. The van der Waals surface area contributed by atoms with Crippen LogP contribution in [0.1, 0.15) is 45.2 Å². The summed E-state index contributed by atoms with van der Waals surface area (Å²) in [5.41, 5.74) is 5.98. The molecule has 0 N–H and O–H groups in total. The second-order valence-corrected chi connectivity index (χ2v) is 9.67. The molecule has 0 spiro atoms. The fourth-order valence-electron chi connectivity index (χ4n) is 5.25. The standard InChI is InChI=1S/C31H35N3O3/c1-4-37-27-10-7-9-24(20-27)25-13-17-29-32-31(23-11-14-26(36-3)15-12-23)28(34(29)21-25)16-18-30(35)33-19-6-5-8-22(33)2/h7,9-15,17,20-22H,4-6,8,16,18-19H2,1-3H3/t22-/m1/s1. The summed E-state index contributed by atoms with van der Waals surface area (Å²) < 4.78 is 13.2. The molecule has 1 atom stereocenters. The number of pyridine rings is 1. The molecule has 0 bridgehead atoms. The summed E-state index contributed by atoms with van der Waals surface area (Å²) in [6, 6.07) is 20.6. The number of likely N-dealkylation sites (tertiary alicyclic amines) is 1. The number of amides is 1. The molecule has 1 saturated heterocycles. The largest absolute Gasteiger partial charge is 0.497 e. The maximum atomic E-state index is 13.2. The van der Waals surface area contributed by atoms with E-state index in [1.165, 1.54) is 6.42 Å². The van der Waals surface area contributed by atoms with Gasteiger partial charge in [-0.15, -0.1) is 0 Å². The quantitative estimate of drug-likeness (QED) is 0.282. The molecule has 0 radical (unpaired) electrons. The van der Waals surface area contributed by atoms with Crippen LogP contribution in [0.4, 0.5) is 0 Å². The highest BCUT2D eigenvalue weighted by molar-refractivity contribution is 5.78. The molecule has 3 heterocycles. The molecule has 0 aliphatic carbocycles. The summed E-state index contributed by atoms with van der Waals surface area (Å²) in [5, 5.41) is 0. The van der Waals surface area contributed by atoms with E-state index in [0.717, 1.165) is 64.6 Å². The molecule has 6 heteroatoms. The van der Waals surface area contributed by atoms with Gasteiger partial charge in [-0.2, -0.15) is 0 Å². The lowest BCUT2D eigenvalue weighted by Gasteiger charge is -2.33. The number of hydrogen-bond acceptors (Lipinski definition) is 4. The van der Waals surface area contributed by atoms with E-state index in [1.807, 2.05) is 49.4 Å². The third-order valence-corrected chi connectivity index (χ3v) is 7.26. The second kappa shape index (κ2) is 11.1. The van der Waals surface area contributed by atoms with Crippen molar-refractivity contribution >= 4 is 11.6 Å². The third kappa shape index (κ3) is 5.33. The lowest BCUT2D eigenvalue weighted by atomic mass is 10.0. The van der Waals surface area contributed by atoms with Gasteiger partial charge >= 0.3 is 0 Å². The topological polar surface area (TPSA) is 56.1 Å². The van der Waals surface area contributed by atoms with Crippen LogP contribution in [0.15, 0.2) is 66.9 Å². The molecule has 1 aliphatic rings. The first-order valence-corrected chi connectivity index (χ1v) is 13.3. The van der Waals surface area contributed by atoms with Crippen molar-refractivity contribution in [1.82, 2.24) is 14.3 Å². The van der Waals surface area contributed by atoms with Gasteiger partial charge in [0.15, 0.2) is 0 Å². The number of fused-ring (bicyclic) bond motifs is 1. The van der Waals surface area contributed by atoms with E-state index in [0.29, 0.717) is 25.5 Å². The van der Waals surface area contributed by atoms with E-state index in [1.54, 1.807) is 7.11 Å². The maximum Gasteiger partial charge on any atom is 0.223 e. The first kappa shape index (κ1) is 24.9. The highest BCUT2D eigenvalue weighted by Gasteiger charge is 2.24. The number of carbonyl (C=O) groups excluding carboxylic acids is 1. The monoisotopic (exact) mass is 497 g/mol. The Hall–Kier alpha value is -3.80. The van der Waals surface area contributed by atoms with Gasteiger partial charge in [0.2, 0.25) is 5.91 Å². The molecule has 1 fully saturated rings. The zero-order chi connectivity index (χ0) is 25.8. The van der Waals surface area contributed by atoms with Crippen molar-refractivity contribution in [1.29, 1.82) is 0 Å². The smallest absolute Gasteiger partial charge is 0.223 e. The zero-order valence-corrected chi connectivity index (χ0v) is 21.9. The number of imidazole rings is 1. The van der Waals surface area contributed by atoms with Crippen LogP contribution in [0, 0.1) is 0 Å². The summed E-state index contributed by atoms with van der Waals surface area (Å²) in [6.07, 6.45) is 6.59. The molecule has 5 rings (SSSR count). The number of benzene rings is 2. The maximum absolute atomic E-state index is 13.2. The lowest BCUT2D eigenvalue weighted by molar-refractivity contribution is -0.134. The first-order valence-electron chi connectivity index (χ1n) is 13.3. The average molecular weight is 498 g/mol. The normalized spacial score (nSPS) is 15.6. The van der Waals surface area contributed by atoms with Crippen LogP contribution >= 0.6 is 0 Å². The van der Waals surface area contributed by atoms with Gasteiger partial charge in [0.1, 0.15) is 17.1 Å². The Morgan fingerprint density at radius 1 is 1.00 bits per heavy atom. The Balaban J connectivity index is 1.53. The van der Waals surface area contributed by atoms with Gasteiger partial charge in [0, 0.05) is 30.8 Å². The fraction of sp³-hybridized carbons (Fsp3) is 0.355. The summed E-state index contributed by atoms with van der Waals surface area (Å²) in [6.45, 7) is 5.64. The van der Waals surface area contributed by atoms with Crippen molar-refractivity contribution in [3.05, 3.63) is 72.6 Å². The summed E-state index contributed by atoms with van der Waals surface area (Å²) in [5.74, 6) is 1.88. The Kier molecular flexibility index (Phi) is 7.45. The molecular weight excluding hydrogens is 462 g/mol. The van der Waals surface area contributed by atoms with E-state index in [4.69, 9.17) is 14.5 Å². The molecule has 4 aromatic rings. The summed E-state index contributed by atoms with van der Waals surface area (Å²) >= 11 is 0. The van der Waals surface area contributed by atoms with Gasteiger partial charge in [-0.05, 0) is 99.2 Å². The van der Waals surface area contributed by atoms with Gasteiger partial charge in [-0.1, -0.05) is 12.1 Å². The summed E-state index contributed by atoms with van der Waals surface area (Å²) in [4.78, 5) is 20.3. The minimum absolute atomic E-state index is 0.225. The van der Waals surface area contributed by atoms with Crippen molar-refractivity contribution in [3.8, 4) is 33.9 Å². The predicted molar refractivity (Wildman–Crippen MR) is 147 cm³/mol. The third-order valence-electron chi connectivity index (χ3n) is 7.26. The summed E-state index contributed by atoms with van der Waals surface area (Å²) in [7, 11) is 1.67. The molecule has 1 aliphatic heterocycles. The van der Waals surface area contributed by atoms with E-state index >= 15 is 0 Å². The Morgan fingerprint density at radius 3 is 2.57 bits per heavy atom. The van der Waals surface area contributed by atoms with Crippen molar-refractivity contribution in [2.45, 2.75) is 52.0 Å². The van der Waals surface area contributed by atoms with Crippen LogP contribution < -0.4 is 9.47 Å². The second-order valence-electron chi connectivity index (χ2n) is 9.67. The van der Waals surface area contributed by atoms with E-state index in [2.05, 4.69) is 40.6 Å². The van der Waals surface area contributed by atoms with Crippen molar-refractivity contribution in [3.63, 3.8) is 0 Å². The molecule has 6 nitrogen and oxygen atoms in total. The molecule has 37 heavy (non-hydrogen) atoms. The Morgan fingerprint density at radius 2 is 1.81 bits per heavy atom. The highest BCUT2D eigenvalue weighted by Crippen LogP contribution is 2.31. The van der Waals surface area contributed by atoms with Gasteiger partial charge < -0.3 is 18.8 Å². The van der Waals surface area contributed by atoms with E-state index in [9.17, 15) is 4.79 Å². The SMILES string of the molecule is CCOc1cccc(-c2ccc3nc(-c4ccc(OC)cc4)c(CCC(=O)N4CCCC[C@H]4C)n3c2)c1. The van der Waals surface area contributed by atoms with Gasteiger partial charge in [0.25, 0.3) is 0 Å². The molecule has 0 saturated carbocycles.